The van der Waals surface area contributed by atoms with Gasteiger partial charge in [-0.05, 0) is 59.1 Å². The lowest BCUT2D eigenvalue weighted by atomic mass is 9.95. The highest BCUT2D eigenvalue weighted by atomic mass is 79.9. The van der Waals surface area contributed by atoms with Gasteiger partial charge in [-0.15, -0.1) is 11.3 Å². The Morgan fingerprint density at radius 1 is 1.15 bits per heavy atom. The topological polar surface area (TPSA) is 12.0 Å². The summed E-state index contributed by atoms with van der Waals surface area (Å²) in [4.78, 5) is 1.43. The van der Waals surface area contributed by atoms with Gasteiger partial charge in [0, 0.05) is 31.7 Å². The number of thiophene rings is 1. The summed E-state index contributed by atoms with van der Waals surface area (Å²) < 4.78 is 2.33. The van der Waals surface area contributed by atoms with E-state index in [1.807, 2.05) is 11.3 Å². The van der Waals surface area contributed by atoms with Gasteiger partial charge in [0.15, 0.2) is 0 Å². The lowest BCUT2D eigenvalue weighted by Gasteiger charge is -2.17. The fraction of sp³-hybridized carbons (Fsp3) is 0.375. The molecule has 0 fully saturated rings. The van der Waals surface area contributed by atoms with E-state index in [9.17, 15) is 0 Å². The zero-order valence-electron chi connectivity index (χ0n) is 11.5. The highest BCUT2D eigenvalue weighted by Gasteiger charge is 2.13. The summed E-state index contributed by atoms with van der Waals surface area (Å²) >= 11 is 8.88. The molecule has 20 heavy (non-hydrogen) atoms. The van der Waals surface area contributed by atoms with Crippen molar-refractivity contribution in [1.82, 2.24) is 5.32 Å². The first-order valence-electron chi connectivity index (χ1n) is 6.88. The molecule has 0 bridgehead atoms. The molecule has 1 atom stereocenters. The van der Waals surface area contributed by atoms with Crippen molar-refractivity contribution in [2.75, 3.05) is 13.1 Å². The van der Waals surface area contributed by atoms with Gasteiger partial charge in [-0.25, -0.2) is 0 Å². The number of hydrogen-bond acceptors (Lipinski definition) is 2. The minimum atomic E-state index is 0.528. The van der Waals surface area contributed by atoms with E-state index in [1.165, 1.54) is 21.3 Å². The number of halogens is 2. The van der Waals surface area contributed by atoms with Crippen LogP contribution in [-0.2, 0) is 6.42 Å². The molecule has 1 aromatic heterocycles. The van der Waals surface area contributed by atoms with Crippen LogP contribution in [0.5, 0.6) is 0 Å². The van der Waals surface area contributed by atoms with Crippen molar-refractivity contribution < 1.29 is 0 Å². The second-order valence-corrected chi connectivity index (χ2v) is 7.72. The molecule has 1 aromatic carbocycles. The highest BCUT2D eigenvalue weighted by Crippen LogP contribution is 2.27. The van der Waals surface area contributed by atoms with Gasteiger partial charge in [-0.2, -0.15) is 0 Å². The summed E-state index contributed by atoms with van der Waals surface area (Å²) in [5.41, 5.74) is 1.40. The largest absolute Gasteiger partial charge is 0.316 e. The Morgan fingerprint density at radius 3 is 2.50 bits per heavy atom. The molecular formula is C16H19Br2NS. The summed E-state index contributed by atoms with van der Waals surface area (Å²) in [7, 11) is 0. The van der Waals surface area contributed by atoms with E-state index in [1.54, 1.807) is 0 Å². The average Bonchev–Trinajstić information content (AvgIpc) is 2.84. The molecule has 2 rings (SSSR count). The molecule has 108 valence electrons. The molecule has 0 saturated carbocycles. The quantitative estimate of drug-likeness (QED) is 0.579. The van der Waals surface area contributed by atoms with Crippen molar-refractivity contribution in [3.8, 4) is 0 Å². The summed E-state index contributed by atoms with van der Waals surface area (Å²) in [6.07, 6.45) is 2.27. The van der Waals surface area contributed by atoms with Crippen LogP contribution in [0.4, 0.5) is 0 Å². The predicted molar refractivity (Wildman–Crippen MR) is 95.8 cm³/mol. The zero-order chi connectivity index (χ0) is 14.4. The van der Waals surface area contributed by atoms with Gasteiger partial charge < -0.3 is 5.32 Å². The Balaban J connectivity index is 2.09. The fourth-order valence-corrected chi connectivity index (χ4v) is 4.00. The van der Waals surface area contributed by atoms with E-state index in [-0.39, 0.29) is 0 Å². The second kappa shape index (κ2) is 8.32. The third-order valence-electron chi connectivity index (χ3n) is 3.23. The standard InChI is InChI=1S/C16H19Br2NS/c1-2-7-19-10-13(8-16-9-15(18)11-20-16)12-3-5-14(17)6-4-12/h3-6,9,11,13,19H,2,7-8,10H2,1H3. The van der Waals surface area contributed by atoms with Crippen LogP contribution in [0.2, 0.25) is 0 Å². The predicted octanol–water partition coefficient (Wildman–Crippen LogP) is 5.60. The molecule has 1 N–H and O–H groups in total. The van der Waals surface area contributed by atoms with Crippen LogP contribution in [0.25, 0.3) is 0 Å². The molecule has 1 heterocycles. The van der Waals surface area contributed by atoms with Crippen LogP contribution in [-0.4, -0.2) is 13.1 Å². The van der Waals surface area contributed by atoms with Crippen LogP contribution >= 0.6 is 43.2 Å². The fourth-order valence-electron chi connectivity index (χ4n) is 2.20. The number of hydrogen-bond donors (Lipinski definition) is 1. The normalized spacial score (nSPS) is 12.6. The van der Waals surface area contributed by atoms with E-state index in [0.29, 0.717) is 5.92 Å². The molecule has 0 amide bonds. The Morgan fingerprint density at radius 2 is 1.90 bits per heavy atom. The molecule has 4 heteroatoms. The molecule has 0 spiro atoms. The maximum Gasteiger partial charge on any atom is 0.0285 e. The van der Waals surface area contributed by atoms with Crippen molar-refractivity contribution in [3.05, 3.63) is 55.1 Å². The first-order chi connectivity index (χ1) is 9.69. The van der Waals surface area contributed by atoms with Gasteiger partial charge in [0.05, 0.1) is 0 Å². The van der Waals surface area contributed by atoms with Crippen LogP contribution in [0.15, 0.2) is 44.7 Å². The molecular weight excluding hydrogens is 398 g/mol. The van der Waals surface area contributed by atoms with E-state index in [2.05, 4.69) is 79.8 Å². The molecule has 2 aromatic rings. The first kappa shape index (κ1) is 16.2. The Labute approximate surface area is 142 Å². The molecule has 1 nitrogen and oxygen atoms in total. The van der Waals surface area contributed by atoms with Crippen molar-refractivity contribution in [3.63, 3.8) is 0 Å². The minimum Gasteiger partial charge on any atom is -0.316 e. The third kappa shape index (κ3) is 4.99. The maximum absolute atomic E-state index is 3.56. The maximum atomic E-state index is 3.56. The van der Waals surface area contributed by atoms with E-state index in [0.717, 1.165) is 24.0 Å². The summed E-state index contributed by atoms with van der Waals surface area (Å²) in [6.45, 7) is 4.32. The molecule has 1 unspecified atom stereocenters. The van der Waals surface area contributed by atoms with Crippen LogP contribution in [0, 0.1) is 0 Å². The molecule has 0 aliphatic carbocycles. The van der Waals surface area contributed by atoms with E-state index < -0.39 is 0 Å². The Hall–Kier alpha value is -0.160. The summed E-state index contributed by atoms with van der Waals surface area (Å²) in [5, 5.41) is 5.72. The zero-order valence-corrected chi connectivity index (χ0v) is 15.5. The highest BCUT2D eigenvalue weighted by molar-refractivity contribution is 9.10. The van der Waals surface area contributed by atoms with Crippen LogP contribution in [0.3, 0.4) is 0 Å². The number of rotatable bonds is 7. The monoisotopic (exact) mass is 415 g/mol. The van der Waals surface area contributed by atoms with Gasteiger partial charge in [-0.3, -0.25) is 0 Å². The minimum absolute atomic E-state index is 0.528. The van der Waals surface area contributed by atoms with Crippen LogP contribution < -0.4 is 5.32 Å². The van der Waals surface area contributed by atoms with Crippen molar-refractivity contribution in [1.29, 1.82) is 0 Å². The second-order valence-electron chi connectivity index (χ2n) is 4.89. The van der Waals surface area contributed by atoms with Crippen molar-refractivity contribution >= 4 is 43.2 Å². The molecule has 0 aliphatic rings. The first-order valence-corrected chi connectivity index (χ1v) is 9.34. The van der Waals surface area contributed by atoms with E-state index in [4.69, 9.17) is 0 Å². The number of benzene rings is 1. The van der Waals surface area contributed by atoms with Crippen molar-refractivity contribution in [2.45, 2.75) is 25.7 Å². The van der Waals surface area contributed by atoms with Gasteiger partial charge in [0.2, 0.25) is 0 Å². The van der Waals surface area contributed by atoms with Gasteiger partial charge >= 0.3 is 0 Å². The van der Waals surface area contributed by atoms with Gasteiger partial charge in [0.1, 0.15) is 0 Å². The van der Waals surface area contributed by atoms with Gasteiger partial charge in [-0.1, -0.05) is 35.0 Å². The lowest BCUT2D eigenvalue weighted by molar-refractivity contribution is 0.579. The summed E-state index contributed by atoms with van der Waals surface area (Å²) in [5.74, 6) is 0.528. The third-order valence-corrected chi connectivity index (χ3v) is 5.48. The van der Waals surface area contributed by atoms with Crippen molar-refractivity contribution in [2.24, 2.45) is 0 Å². The van der Waals surface area contributed by atoms with Gasteiger partial charge in [0.25, 0.3) is 0 Å². The molecule has 0 aliphatic heterocycles. The summed E-state index contributed by atoms with van der Waals surface area (Å²) in [6, 6.07) is 10.9. The average molecular weight is 417 g/mol. The Bertz CT molecular complexity index is 522. The Kier molecular flexibility index (Phi) is 6.75. The van der Waals surface area contributed by atoms with Crippen LogP contribution in [0.1, 0.15) is 29.7 Å². The lowest BCUT2D eigenvalue weighted by Crippen LogP contribution is -2.23. The smallest absolute Gasteiger partial charge is 0.0285 e. The molecule has 0 radical (unpaired) electrons. The number of nitrogens with one attached hydrogen (secondary N) is 1. The SMILES string of the molecule is CCCNCC(Cc1cc(Br)cs1)c1ccc(Br)cc1. The van der Waals surface area contributed by atoms with E-state index >= 15 is 0 Å². The molecule has 0 saturated heterocycles.